The van der Waals surface area contributed by atoms with Crippen LogP contribution in [0, 0.1) is 18.8 Å². The second-order valence-electron chi connectivity index (χ2n) is 6.44. The quantitative estimate of drug-likeness (QED) is 0.585. The van der Waals surface area contributed by atoms with Crippen molar-refractivity contribution < 1.29 is 4.79 Å². The second kappa shape index (κ2) is 10.00. The van der Waals surface area contributed by atoms with Crippen molar-refractivity contribution in [1.82, 2.24) is 20.2 Å². The molecule has 0 spiro atoms. The fourth-order valence-electron chi connectivity index (χ4n) is 2.85. The molecular weight excluding hydrogens is 314 g/mol. The number of hydrogen-bond donors (Lipinski definition) is 2. The smallest absolute Gasteiger partial charge is 0.237 e. The summed E-state index contributed by atoms with van der Waals surface area (Å²) in [4.78, 5) is 22.8. The van der Waals surface area contributed by atoms with Crippen molar-refractivity contribution >= 4 is 11.7 Å². The van der Waals surface area contributed by atoms with Crippen LogP contribution in [0.25, 0.3) is 0 Å². The molecule has 2 rings (SSSR count). The molecule has 0 bridgehead atoms. The number of nitrogens with zero attached hydrogens (tertiary/aromatic N) is 3. The second-order valence-corrected chi connectivity index (χ2v) is 6.44. The predicted octanol–water partition coefficient (Wildman–Crippen LogP) is 1.95. The lowest BCUT2D eigenvalue weighted by atomic mass is 10.2. The number of carbonyl (C=O) groups excluding carboxylic acids is 1. The van der Waals surface area contributed by atoms with E-state index >= 15 is 0 Å². The summed E-state index contributed by atoms with van der Waals surface area (Å²) in [6.45, 7) is 6.54. The Morgan fingerprint density at radius 1 is 1.44 bits per heavy atom. The summed E-state index contributed by atoms with van der Waals surface area (Å²) in [5.41, 5.74) is 0.829. The van der Waals surface area contributed by atoms with E-state index in [1.165, 1.54) is 0 Å². The van der Waals surface area contributed by atoms with E-state index < -0.39 is 0 Å². The van der Waals surface area contributed by atoms with Gasteiger partial charge in [0.25, 0.3) is 0 Å². The van der Waals surface area contributed by atoms with Crippen LogP contribution in [0.4, 0.5) is 5.82 Å². The van der Waals surface area contributed by atoms with Gasteiger partial charge in [0, 0.05) is 25.7 Å². The maximum atomic E-state index is 12.1. The molecule has 6 heteroatoms. The van der Waals surface area contributed by atoms with Crippen LogP contribution >= 0.6 is 0 Å². The Balaban J connectivity index is 1.76. The first-order valence-electron chi connectivity index (χ1n) is 9.16. The molecule has 0 aromatic carbocycles. The Morgan fingerprint density at radius 2 is 2.28 bits per heavy atom. The lowest BCUT2D eigenvalue weighted by molar-refractivity contribution is -0.125. The first-order chi connectivity index (χ1) is 12.1. The summed E-state index contributed by atoms with van der Waals surface area (Å²) in [5, 5.41) is 6.31. The SMILES string of the molecule is CCCNc1nc(C)ncc1C#CCCCNC(=O)C1CCCN1C. The third-order valence-electron chi connectivity index (χ3n) is 4.28. The molecule has 0 aliphatic carbocycles. The predicted molar refractivity (Wildman–Crippen MR) is 100 cm³/mol. The van der Waals surface area contributed by atoms with Crippen LogP contribution in [-0.4, -0.2) is 53.5 Å². The van der Waals surface area contributed by atoms with Crippen molar-refractivity contribution in [3.8, 4) is 11.8 Å². The zero-order chi connectivity index (χ0) is 18.1. The third kappa shape index (κ3) is 6.02. The summed E-state index contributed by atoms with van der Waals surface area (Å²) >= 11 is 0. The van der Waals surface area contributed by atoms with E-state index in [-0.39, 0.29) is 11.9 Å². The highest BCUT2D eigenvalue weighted by Crippen LogP contribution is 2.14. The van der Waals surface area contributed by atoms with Gasteiger partial charge in [0.1, 0.15) is 11.6 Å². The average molecular weight is 343 g/mol. The molecule has 1 amide bonds. The van der Waals surface area contributed by atoms with Gasteiger partial charge in [-0.3, -0.25) is 9.69 Å². The summed E-state index contributed by atoms with van der Waals surface area (Å²) < 4.78 is 0. The molecule has 136 valence electrons. The van der Waals surface area contributed by atoms with Crippen LogP contribution in [0.3, 0.4) is 0 Å². The van der Waals surface area contributed by atoms with Crippen LogP contribution in [0.2, 0.25) is 0 Å². The van der Waals surface area contributed by atoms with Crippen LogP contribution < -0.4 is 10.6 Å². The molecule has 1 unspecified atom stereocenters. The highest BCUT2D eigenvalue weighted by atomic mass is 16.2. The van der Waals surface area contributed by atoms with Gasteiger partial charge in [0.05, 0.1) is 11.6 Å². The molecule has 1 saturated heterocycles. The van der Waals surface area contributed by atoms with Crippen molar-refractivity contribution in [2.24, 2.45) is 0 Å². The number of amides is 1. The number of likely N-dealkylation sites (tertiary alicyclic amines) is 1. The van der Waals surface area contributed by atoms with E-state index in [1.54, 1.807) is 6.20 Å². The number of nitrogens with one attached hydrogen (secondary N) is 2. The van der Waals surface area contributed by atoms with Crippen LogP contribution in [0.15, 0.2) is 6.20 Å². The van der Waals surface area contributed by atoms with Crippen LogP contribution in [-0.2, 0) is 4.79 Å². The Morgan fingerprint density at radius 3 is 3.00 bits per heavy atom. The molecule has 1 aliphatic rings. The Kier molecular flexibility index (Phi) is 7.68. The number of aromatic nitrogens is 2. The van der Waals surface area contributed by atoms with Gasteiger partial charge in [0.15, 0.2) is 0 Å². The third-order valence-corrected chi connectivity index (χ3v) is 4.28. The Bertz CT molecular complexity index is 634. The number of unbranched alkanes of at least 4 members (excludes halogenated alkanes) is 1. The van der Waals surface area contributed by atoms with Gasteiger partial charge in [0.2, 0.25) is 5.91 Å². The van der Waals surface area contributed by atoms with E-state index in [0.29, 0.717) is 6.54 Å². The fraction of sp³-hybridized carbons (Fsp3) is 0.632. The topological polar surface area (TPSA) is 70.1 Å². The molecule has 0 saturated carbocycles. The summed E-state index contributed by atoms with van der Waals surface area (Å²) in [6.07, 6.45) is 6.45. The maximum Gasteiger partial charge on any atom is 0.237 e. The molecule has 1 fully saturated rings. The van der Waals surface area contributed by atoms with Crippen molar-refractivity contribution in [3.63, 3.8) is 0 Å². The van der Waals surface area contributed by atoms with Gasteiger partial charge < -0.3 is 10.6 Å². The van der Waals surface area contributed by atoms with Gasteiger partial charge in [-0.15, -0.1) is 0 Å². The van der Waals surface area contributed by atoms with Crippen molar-refractivity contribution in [3.05, 3.63) is 17.6 Å². The summed E-state index contributed by atoms with van der Waals surface area (Å²) in [6, 6.07) is 0.0444. The van der Waals surface area contributed by atoms with Gasteiger partial charge in [-0.05, 0) is 46.2 Å². The maximum absolute atomic E-state index is 12.1. The lowest BCUT2D eigenvalue weighted by Gasteiger charge is -2.18. The highest BCUT2D eigenvalue weighted by molar-refractivity contribution is 5.81. The molecule has 25 heavy (non-hydrogen) atoms. The molecule has 2 N–H and O–H groups in total. The number of aryl methyl sites for hydroxylation is 1. The monoisotopic (exact) mass is 343 g/mol. The van der Waals surface area contributed by atoms with Crippen molar-refractivity contribution in [2.45, 2.75) is 52.0 Å². The largest absolute Gasteiger partial charge is 0.369 e. The minimum Gasteiger partial charge on any atom is -0.369 e. The Hall–Kier alpha value is -2.13. The molecule has 1 atom stereocenters. The molecule has 1 aromatic heterocycles. The highest BCUT2D eigenvalue weighted by Gasteiger charge is 2.26. The average Bonchev–Trinajstić information content (AvgIpc) is 3.03. The van der Waals surface area contributed by atoms with Gasteiger partial charge >= 0.3 is 0 Å². The van der Waals surface area contributed by atoms with Crippen molar-refractivity contribution in [2.75, 3.05) is 32.0 Å². The molecule has 0 radical (unpaired) electrons. The van der Waals surface area contributed by atoms with Gasteiger partial charge in [-0.2, -0.15) is 0 Å². The first kappa shape index (κ1) is 19.2. The zero-order valence-corrected chi connectivity index (χ0v) is 15.6. The van der Waals surface area contributed by atoms with E-state index in [0.717, 1.165) is 62.4 Å². The normalized spacial score (nSPS) is 17.0. The van der Waals surface area contributed by atoms with E-state index in [9.17, 15) is 4.79 Å². The number of likely N-dealkylation sites (N-methyl/N-ethyl adjacent to an activating group) is 1. The zero-order valence-electron chi connectivity index (χ0n) is 15.6. The van der Waals surface area contributed by atoms with Crippen LogP contribution in [0.1, 0.15) is 50.4 Å². The molecule has 6 nitrogen and oxygen atoms in total. The van der Waals surface area contributed by atoms with E-state index in [4.69, 9.17) is 0 Å². The molecular formula is C19H29N5O. The minimum absolute atomic E-state index is 0.0444. The standard InChI is InChI=1S/C19H29N5O/c1-4-11-20-18-16(14-22-15(2)23-18)9-6-5-7-12-21-19(25)17-10-8-13-24(17)3/h14,17H,4-5,7-8,10-13H2,1-3H3,(H,21,25)(H,20,22,23). The molecule has 2 heterocycles. The molecule has 1 aliphatic heterocycles. The number of anilines is 1. The van der Waals surface area contributed by atoms with E-state index in [2.05, 4.69) is 44.3 Å². The van der Waals surface area contributed by atoms with Crippen molar-refractivity contribution in [1.29, 1.82) is 0 Å². The van der Waals surface area contributed by atoms with Crippen LogP contribution in [0.5, 0.6) is 0 Å². The summed E-state index contributed by atoms with van der Waals surface area (Å²) in [5.74, 6) is 7.99. The Labute approximate surface area is 150 Å². The number of rotatable bonds is 7. The molecule has 1 aromatic rings. The minimum atomic E-state index is 0.0444. The fourth-order valence-corrected chi connectivity index (χ4v) is 2.85. The number of carbonyl (C=O) groups is 1. The first-order valence-corrected chi connectivity index (χ1v) is 9.16. The number of hydrogen-bond acceptors (Lipinski definition) is 5. The van der Waals surface area contributed by atoms with Gasteiger partial charge in [-0.1, -0.05) is 18.8 Å². The summed E-state index contributed by atoms with van der Waals surface area (Å²) in [7, 11) is 2.01. The van der Waals surface area contributed by atoms with Gasteiger partial charge in [-0.25, -0.2) is 9.97 Å². The van der Waals surface area contributed by atoms with E-state index in [1.807, 2.05) is 14.0 Å². The lowest BCUT2D eigenvalue weighted by Crippen LogP contribution is -2.41.